The Morgan fingerprint density at radius 2 is 1.60 bits per heavy atom. The van der Waals surface area contributed by atoms with Crippen LogP contribution in [0.1, 0.15) is 20.3 Å². The van der Waals surface area contributed by atoms with Gasteiger partial charge in [0.1, 0.15) is 6.54 Å². The lowest BCUT2D eigenvalue weighted by atomic mass is 10.1. The van der Waals surface area contributed by atoms with Gasteiger partial charge in [-0.05, 0) is 54.1 Å². The Hall–Kier alpha value is -2.94. The Balaban J connectivity index is 1.68. The molecule has 0 radical (unpaired) electrons. The van der Waals surface area contributed by atoms with Crippen molar-refractivity contribution in [2.24, 2.45) is 5.92 Å². The Morgan fingerprint density at radius 1 is 1.00 bits per heavy atom. The molecule has 30 heavy (non-hydrogen) atoms. The number of halogens is 2. The van der Waals surface area contributed by atoms with Crippen LogP contribution in [-0.2, 0) is 16.1 Å². The Kier molecular flexibility index (Phi) is 7.04. The first kappa shape index (κ1) is 21.8. The van der Waals surface area contributed by atoms with Gasteiger partial charge in [-0.25, -0.2) is 4.98 Å². The Labute approximate surface area is 177 Å². The van der Waals surface area contributed by atoms with Crippen LogP contribution in [0.3, 0.4) is 0 Å². The molecule has 2 N–H and O–H groups in total. The Morgan fingerprint density at radius 3 is 2.20 bits per heavy atom. The fourth-order valence-corrected chi connectivity index (χ4v) is 3.54. The zero-order valence-electron chi connectivity index (χ0n) is 16.6. The summed E-state index contributed by atoms with van der Waals surface area (Å²) >= 11 is 0.309. The number of amides is 2. The van der Waals surface area contributed by atoms with Crippen molar-refractivity contribution >= 4 is 46.0 Å². The van der Waals surface area contributed by atoms with Gasteiger partial charge in [0.25, 0.3) is 5.76 Å². The number of para-hydroxylation sites is 2. The van der Waals surface area contributed by atoms with E-state index in [0.29, 0.717) is 40.6 Å². The lowest BCUT2D eigenvalue weighted by Crippen LogP contribution is -2.19. The molecule has 0 spiro atoms. The molecule has 0 aliphatic carbocycles. The van der Waals surface area contributed by atoms with E-state index in [1.54, 1.807) is 48.5 Å². The summed E-state index contributed by atoms with van der Waals surface area (Å²) in [6.45, 7) is 3.78. The van der Waals surface area contributed by atoms with Crippen molar-refractivity contribution < 1.29 is 18.4 Å². The highest BCUT2D eigenvalue weighted by Crippen LogP contribution is 2.28. The van der Waals surface area contributed by atoms with E-state index >= 15 is 0 Å². The van der Waals surface area contributed by atoms with Gasteiger partial charge in [0, 0.05) is 17.8 Å². The summed E-state index contributed by atoms with van der Waals surface area (Å²) in [6, 6.07) is 13.7. The molecule has 0 unspecified atom stereocenters. The number of benzene rings is 2. The molecule has 3 aromatic rings. The molecule has 0 fully saturated rings. The molecular formula is C21H22F2N4O2S. The molecule has 0 aliphatic rings. The standard InChI is InChI=1S/C21H22F2N4O2S/c1-13(2)11-18(28)24-14-7-9-15(10-8-14)25-19(29)12-27-17-6-4-3-5-16(17)26-21(27)30-20(22)23/h3-10,13,20H,11-12H2,1-2H3,(H,24,28)(H,25,29). The third kappa shape index (κ3) is 5.79. The third-order valence-corrected chi connectivity index (χ3v) is 4.86. The van der Waals surface area contributed by atoms with E-state index in [4.69, 9.17) is 0 Å². The highest BCUT2D eigenvalue weighted by molar-refractivity contribution is 7.99. The zero-order valence-corrected chi connectivity index (χ0v) is 17.4. The topological polar surface area (TPSA) is 76.0 Å². The molecule has 0 saturated heterocycles. The number of hydrogen-bond acceptors (Lipinski definition) is 4. The second-order valence-electron chi connectivity index (χ2n) is 7.12. The maximum atomic E-state index is 12.9. The zero-order chi connectivity index (χ0) is 21.7. The number of hydrogen-bond donors (Lipinski definition) is 2. The number of carbonyl (C=O) groups excluding carboxylic acids is 2. The molecule has 0 saturated carbocycles. The summed E-state index contributed by atoms with van der Waals surface area (Å²) in [4.78, 5) is 28.6. The minimum atomic E-state index is -2.64. The van der Waals surface area contributed by atoms with Crippen LogP contribution >= 0.6 is 11.8 Å². The molecular weight excluding hydrogens is 410 g/mol. The molecule has 1 heterocycles. The molecule has 3 rings (SSSR count). The van der Waals surface area contributed by atoms with E-state index in [0.717, 1.165) is 0 Å². The van der Waals surface area contributed by atoms with Crippen LogP contribution in [0.25, 0.3) is 11.0 Å². The number of thioether (sulfide) groups is 1. The van der Waals surface area contributed by atoms with Gasteiger partial charge in [0.2, 0.25) is 11.8 Å². The molecule has 0 aliphatic heterocycles. The molecule has 6 nitrogen and oxygen atoms in total. The molecule has 0 atom stereocenters. The molecule has 158 valence electrons. The van der Waals surface area contributed by atoms with Crippen LogP contribution in [-0.4, -0.2) is 27.1 Å². The minimum Gasteiger partial charge on any atom is -0.326 e. The third-order valence-electron chi connectivity index (χ3n) is 4.16. The number of aromatic nitrogens is 2. The predicted octanol–water partition coefficient (Wildman–Crippen LogP) is 4.97. The molecule has 1 aromatic heterocycles. The van der Waals surface area contributed by atoms with Crippen molar-refractivity contribution in [3.05, 3.63) is 48.5 Å². The summed E-state index contributed by atoms with van der Waals surface area (Å²) in [5.41, 5.74) is 2.33. The number of alkyl halides is 2. The van der Waals surface area contributed by atoms with Crippen LogP contribution < -0.4 is 10.6 Å². The van der Waals surface area contributed by atoms with E-state index in [1.807, 2.05) is 13.8 Å². The van der Waals surface area contributed by atoms with Crippen molar-refractivity contribution in [1.82, 2.24) is 9.55 Å². The minimum absolute atomic E-state index is 0.0715. The first-order chi connectivity index (χ1) is 14.3. The second-order valence-corrected chi connectivity index (χ2v) is 8.08. The largest absolute Gasteiger partial charge is 0.326 e. The van der Waals surface area contributed by atoms with Crippen LogP contribution in [0.4, 0.5) is 20.2 Å². The molecule has 2 amide bonds. The fraction of sp³-hybridized carbons (Fsp3) is 0.286. The number of carbonyl (C=O) groups is 2. The van der Waals surface area contributed by atoms with Crippen molar-refractivity contribution in [3.63, 3.8) is 0 Å². The Bertz CT molecular complexity index is 1040. The number of fused-ring (bicyclic) bond motifs is 1. The summed E-state index contributed by atoms with van der Waals surface area (Å²) in [6.07, 6.45) is 0.427. The van der Waals surface area contributed by atoms with Crippen LogP contribution in [0.5, 0.6) is 0 Å². The average molecular weight is 432 g/mol. The number of nitrogens with one attached hydrogen (secondary N) is 2. The van der Waals surface area contributed by atoms with Gasteiger partial charge in [0.15, 0.2) is 5.16 Å². The number of nitrogens with zero attached hydrogens (tertiary/aromatic N) is 2. The highest BCUT2D eigenvalue weighted by atomic mass is 32.2. The average Bonchev–Trinajstić information content (AvgIpc) is 2.99. The second kappa shape index (κ2) is 9.71. The maximum Gasteiger partial charge on any atom is 0.291 e. The van der Waals surface area contributed by atoms with Gasteiger partial charge < -0.3 is 15.2 Å². The van der Waals surface area contributed by atoms with Gasteiger partial charge >= 0.3 is 0 Å². The van der Waals surface area contributed by atoms with Crippen molar-refractivity contribution in [2.75, 3.05) is 10.6 Å². The lowest BCUT2D eigenvalue weighted by Gasteiger charge is -2.11. The van der Waals surface area contributed by atoms with Crippen LogP contribution in [0.15, 0.2) is 53.7 Å². The van der Waals surface area contributed by atoms with Crippen LogP contribution in [0, 0.1) is 5.92 Å². The number of rotatable bonds is 8. The van der Waals surface area contributed by atoms with Gasteiger partial charge in [-0.3, -0.25) is 9.59 Å². The molecule has 2 aromatic carbocycles. The smallest absolute Gasteiger partial charge is 0.291 e. The quantitative estimate of drug-likeness (QED) is 0.493. The molecule has 0 bridgehead atoms. The fourth-order valence-electron chi connectivity index (χ4n) is 2.94. The van der Waals surface area contributed by atoms with Crippen molar-refractivity contribution in [3.8, 4) is 0 Å². The highest BCUT2D eigenvalue weighted by Gasteiger charge is 2.18. The first-order valence-electron chi connectivity index (χ1n) is 9.41. The van der Waals surface area contributed by atoms with Gasteiger partial charge in [-0.1, -0.05) is 26.0 Å². The number of anilines is 2. The summed E-state index contributed by atoms with van der Waals surface area (Å²) < 4.78 is 27.3. The van der Waals surface area contributed by atoms with E-state index < -0.39 is 5.76 Å². The normalized spacial score (nSPS) is 11.3. The summed E-state index contributed by atoms with van der Waals surface area (Å²) in [5, 5.41) is 5.63. The van der Waals surface area contributed by atoms with Gasteiger partial charge in [-0.15, -0.1) is 0 Å². The maximum absolute atomic E-state index is 12.9. The van der Waals surface area contributed by atoms with E-state index in [1.165, 1.54) is 4.57 Å². The first-order valence-corrected chi connectivity index (χ1v) is 10.3. The lowest BCUT2D eigenvalue weighted by molar-refractivity contribution is -0.117. The van der Waals surface area contributed by atoms with Crippen LogP contribution in [0.2, 0.25) is 0 Å². The monoisotopic (exact) mass is 432 g/mol. The van der Waals surface area contributed by atoms with E-state index in [-0.39, 0.29) is 29.4 Å². The summed E-state index contributed by atoms with van der Waals surface area (Å²) in [5.74, 6) is -2.82. The number of imidazole rings is 1. The SMILES string of the molecule is CC(C)CC(=O)Nc1ccc(NC(=O)Cn2c(SC(F)F)nc3ccccc32)cc1. The van der Waals surface area contributed by atoms with Crippen molar-refractivity contribution in [1.29, 1.82) is 0 Å². The van der Waals surface area contributed by atoms with Gasteiger partial charge in [-0.2, -0.15) is 8.78 Å². The van der Waals surface area contributed by atoms with E-state index in [2.05, 4.69) is 15.6 Å². The van der Waals surface area contributed by atoms with Gasteiger partial charge in [0.05, 0.1) is 11.0 Å². The predicted molar refractivity (Wildman–Crippen MR) is 115 cm³/mol. The molecule has 9 heteroatoms. The summed E-state index contributed by atoms with van der Waals surface area (Å²) in [7, 11) is 0. The van der Waals surface area contributed by atoms with E-state index in [9.17, 15) is 18.4 Å². The van der Waals surface area contributed by atoms with Crippen molar-refractivity contribution in [2.45, 2.75) is 37.7 Å².